The van der Waals surface area contributed by atoms with Crippen LogP contribution in [0.5, 0.6) is 5.75 Å². The molecule has 0 saturated heterocycles. The van der Waals surface area contributed by atoms with E-state index in [-0.39, 0.29) is 24.2 Å². The normalized spacial score (nSPS) is 17.3. The van der Waals surface area contributed by atoms with E-state index in [9.17, 15) is 14.7 Å². The van der Waals surface area contributed by atoms with Crippen molar-refractivity contribution in [3.63, 3.8) is 0 Å². The molecule has 2 atom stereocenters. The van der Waals surface area contributed by atoms with E-state index in [1.165, 1.54) is 6.92 Å². The van der Waals surface area contributed by atoms with Crippen LogP contribution >= 0.6 is 0 Å². The Labute approximate surface area is 146 Å². The van der Waals surface area contributed by atoms with E-state index in [2.05, 4.69) is 0 Å². The standard InChI is InChI=1S/C20H21NO4/c1-13(23)21-18-6-4-3-5-17(18)20(24)19(21)16(11-12-22)14-7-9-15(25-2)10-8-14/h3-10,16,19,22H,11-12H2,1-2H3/t16-,19+/m0/s1. The number of nitrogens with zero attached hydrogens (tertiary/aromatic N) is 1. The Bertz CT molecular complexity index is 785. The van der Waals surface area contributed by atoms with Crippen LogP contribution in [0.15, 0.2) is 48.5 Å². The van der Waals surface area contributed by atoms with Crippen molar-refractivity contribution in [2.75, 3.05) is 18.6 Å². The Hall–Kier alpha value is -2.66. The lowest BCUT2D eigenvalue weighted by molar-refractivity contribution is -0.116. The van der Waals surface area contributed by atoms with E-state index in [1.807, 2.05) is 30.3 Å². The molecule has 0 saturated carbocycles. The van der Waals surface area contributed by atoms with Gasteiger partial charge in [0.05, 0.1) is 12.8 Å². The van der Waals surface area contributed by atoms with Gasteiger partial charge in [0.2, 0.25) is 5.91 Å². The molecular weight excluding hydrogens is 318 g/mol. The Morgan fingerprint density at radius 1 is 1.20 bits per heavy atom. The third-order valence-electron chi connectivity index (χ3n) is 4.68. The zero-order chi connectivity index (χ0) is 18.0. The van der Waals surface area contributed by atoms with Crippen molar-refractivity contribution < 1.29 is 19.4 Å². The minimum Gasteiger partial charge on any atom is -0.497 e. The van der Waals surface area contributed by atoms with Gasteiger partial charge < -0.3 is 14.7 Å². The molecule has 1 aliphatic rings. The summed E-state index contributed by atoms with van der Waals surface area (Å²) in [5.74, 6) is 0.162. The number of Topliss-reactive ketones (excluding diaryl/α,β-unsaturated/α-hetero) is 1. The highest BCUT2D eigenvalue weighted by molar-refractivity contribution is 6.17. The maximum atomic E-state index is 13.0. The van der Waals surface area contributed by atoms with Crippen LogP contribution in [-0.4, -0.2) is 36.6 Å². The molecule has 130 valence electrons. The minimum atomic E-state index is -0.643. The number of hydrogen-bond acceptors (Lipinski definition) is 4. The maximum Gasteiger partial charge on any atom is 0.224 e. The summed E-state index contributed by atoms with van der Waals surface area (Å²) in [6.45, 7) is 1.40. The Balaban J connectivity index is 2.05. The molecule has 5 heteroatoms. The summed E-state index contributed by atoms with van der Waals surface area (Å²) in [4.78, 5) is 26.9. The molecule has 1 heterocycles. The number of aliphatic hydroxyl groups is 1. The summed E-state index contributed by atoms with van der Waals surface area (Å²) in [7, 11) is 1.59. The summed E-state index contributed by atoms with van der Waals surface area (Å²) in [5.41, 5.74) is 2.09. The minimum absolute atomic E-state index is 0.0669. The van der Waals surface area contributed by atoms with E-state index in [4.69, 9.17) is 4.74 Å². The fourth-order valence-corrected chi connectivity index (χ4v) is 3.54. The van der Waals surface area contributed by atoms with Crippen LogP contribution in [0.25, 0.3) is 0 Å². The molecule has 0 aliphatic carbocycles. The molecule has 0 bridgehead atoms. The van der Waals surface area contributed by atoms with E-state index >= 15 is 0 Å². The van der Waals surface area contributed by atoms with E-state index < -0.39 is 6.04 Å². The predicted octanol–water partition coefficient (Wildman–Crippen LogP) is 2.78. The molecule has 3 rings (SSSR count). The number of ether oxygens (including phenoxy) is 1. The van der Waals surface area contributed by atoms with Crippen molar-refractivity contribution in [2.45, 2.75) is 25.3 Å². The fraction of sp³-hybridized carbons (Fsp3) is 0.300. The van der Waals surface area contributed by atoms with E-state index in [1.54, 1.807) is 30.2 Å². The zero-order valence-corrected chi connectivity index (χ0v) is 14.3. The molecule has 0 radical (unpaired) electrons. The number of aliphatic hydroxyl groups excluding tert-OH is 1. The topological polar surface area (TPSA) is 66.8 Å². The highest BCUT2D eigenvalue weighted by Crippen LogP contribution is 2.40. The Kier molecular flexibility index (Phi) is 4.86. The Morgan fingerprint density at radius 3 is 2.48 bits per heavy atom. The molecule has 0 aromatic heterocycles. The molecule has 0 fully saturated rings. The average Bonchev–Trinajstić information content (AvgIpc) is 2.93. The lowest BCUT2D eigenvalue weighted by atomic mass is 9.86. The van der Waals surface area contributed by atoms with E-state index in [0.29, 0.717) is 17.7 Å². The van der Waals surface area contributed by atoms with Crippen molar-refractivity contribution in [3.8, 4) is 5.75 Å². The molecule has 25 heavy (non-hydrogen) atoms. The first kappa shape index (κ1) is 17.2. The second-order valence-corrected chi connectivity index (χ2v) is 6.11. The third kappa shape index (κ3) is 3.03. The summed E-state index contributed by atoms with van der Waals surface area (Å²) in [6, 6.07) is 13.9. The number of benzene rings is 2. The number of fused-ring (bicyclic) bond motifs is 1. The van der Waals surface area contributed by atoms with Gasteiger partial charge in [0, 0.05) is 25.0 Å². The number of para-hydroxylation sites is 1. The number of anilines is 1. The molecule has 1 N–H and O–H groups in total. The first-order valence-electron chi connectivity index (χ1n) is 8.26. The predicted molar refractivity (Wildman–Crippen MR) is 95.2 cm³/mol. The second-order valence-electron chi connectivity index (χ2n) is 6.11. The van der Waals surface area contributed by atoms with Gasteiger partial charge in [-0.25, -0.2) is 0 Å². The van der Waals surface area contributed by atoms with Crippen molar-refractivity contribution in [2.24, 2.45) is 0 Å². The Morgan fingerprint density at radius 2 is 1.88 bits per heavy atom. The molecule has 5 nitrogen and oxygen atoms in total. The summed E-state index contributed by atoms with van der Waals surface area (Å²) >= 11 is 0. The lowest BCUT2D eigenvalue weighted by Gasteiger charge is -2.30. The number of rotatable bonds is 5. The van der Waals surface area contributed by atoms with Gasteiger partial charge >= 0.3 is 0 Å². The van der Waals surface area contributed by atoms with Gasteiger partial charge in [-0.1, -0.05) is 24.3 Å². The number of carbonyl (C=O) groups is 2. The smallest absolute Gasteiger partial charge is 0.224 e. The van der Waals surface area contributed by atoms with Gasteiger partial charge in [-0.15, -0.1) is 0 Å². The van der Waals surface area contributed by atoms with Gasteiger partial charge in [-0.3, -0.25) is 9.59 Å². The van der Waals surface area contributed by atoms with Crippen LogP contribution < -0.4 is 9.64 Å². The number of methoxy groups -OCH3 is 1. The molecule has 0 spiro atoms. The fourth-order valence-electron chi connectivity index (χ4n) is 3.54. The lowest BCUT2D eigenvalue weighted by Crippen LogP contribution is -2.43. The summed E-state index contributed by atoms with van der Waals surface area (Å²) in [5, 5.41) is 9.55. The summed E-state index contributed by atoms with van der Waals surface area (Å²) < 4.78 is 5.18. The van der Waals surface area contributed by atoms with Crippen LogP contribution in [0.3, 0.4) is 0 Å². The van der Waals surface area contributed by atoms with Gasteiger partial charge in [-0.05, 0) is 36.2 Å². The van der Waals surface area contributed by atoms with Gasteiger partial charge in [-0.2, -0.15) is 0 Å². The van der Waals surface area contributed by atoms with Gasteiger partial charge in [0.15, 0.2) is 5.78 Å². The molecule has 1 aliphatic heterocycles. The van der Waals surface area contributed by atoms with Crippen molar-refractivity contribution in [1.29, 1.82) is 0 Å². The molecule has 0 unspecified atom stereocenters. The highest BCUT2D eigenvalue weighted by atomic mass is 16.5. The second kappa shape index (κ2) is 7.07. The van der Waals surface area contributed by atoms with Crippen LogP contribution in [0.2, 0.25) is 0 Å². The van der Waals surface area contributed by atoms with Crippen molar-refractivity contribution in [1.82, 2.24) is 0 Å². The highest BCUT2D eigenvalue weighted by Gasteiger charge is 2.44. The van der Waals surface area contributed by atoms with Crippen molar-refractivity contribution >= 4 is 17.4 Å². The van der Waals surface area contributed by atoms with Crippen molar-refractivity contribution in [3.05, 3.63) is 59.7 Å². The largest absolute Gasteiger partial charge is 0.497 e. The van der Waals surface area contributed by atoms with Gasteiger partial charge in [0.25, 0.3) is 0 Å². The first-order chi connectivity index (χ1) is 12.1. The molecular formula is C20H21NO4. The van der Waals surface area contributed by atoms with Crippen LogP contribution in [0, 0.1) is 0 Å². The number of ketones is 1. The van der Waals surface area contributed by atoms with Gasteiger partial charge in [0.1, 0.15) is 11.8 Å². The van der Waals surface area contributed by atoms with Crippen LogP contribution in [0.1, 0.15) is 35.2 Å². The van der Waals surface area contributed by atoms with E-state index in [0.717, 1.165) is 11.3 Å². The number of hydrogen-bond donors (Lipinski definition) is 1. The zero-order valence-electron chi connectivity index (χ0n) is 14.3. The maximum absolute atomic E-state index is 13.0. The first-order valence-corrected chi connectivity index (χ1v) is 8.26. The SMILES string of the molecule is COc1ccc([C@H](CCO)[C@@H]2C(=O)c3ccccc3N2C(C)=O)cc1. The number of carbonyl (C=O) groups excluding carboxylic acids is 2. The quantitative estimate of drug-likeness (QED) is 0.910. The molecule has 2 aromatic rings. The number of amides is 1. The third-order valence-corrected chi connectivity index (χ3v) is 4.68. The van der Waals surface area contributed by atoms with Crippen LogP contribution in [0.4, 0.5) is 5.69 Å². The average molecular weight is 339 g/mol. The monoisotopic (exact) mass is 339 g/mol. The molecule has 1 amide bonds. The van der Waals surface area contributed by atoms with Crippen LogP contribution in [-0.2, 0) is 4.79 Å². The summed E-state index contributed by atoms with van der Waals surface area (Å²) in [6.07, 6.45) is 0.389. The molecule has 2 aromatic carbocycles.